The lowest BCUT2D eigenvalue weighted by atomic mass is 10.2. The number of hydrogen-bond acceptors (Lipinski definition) is 0. The molecule has 0 nitrogen and oxygen atoms in total. The highest BCUT2D eigenvalue weighted by atomic mass is 13.9. The van der Waals surface area contributed by atoms with E-state index in [1.165, 1.54) is 0 Å². The highest BCUT2D eigenvalue weighted by molar-refractivity contribution is 5.39. The maximum absolute atomic E-state index is 3.17. The van der Waals surface area contributed by atoms with Crippen LogP contribution < -0.4 is 0 Å². The van der Waals surface area contributed by atoms with Crippen LogP contribution in [0, 0.1) is 11.8 Å². The molecule has 70 valence electrons. The fraction of sp³-hybridized carbons (Fsp3) is 0.214. The molecular formula is C14H14. The molecule has 0 aliphatic heterocycles. The lowest BCUT2D eigenvalue weighted by molar-refractivity contribution is 1.39. The molecule has 0 aliphatic carbocycles. The van der Waals surface area contributed by atoms with Crippen LogP contribution in [0.15, 0.2) is 47.2 Å². The minimum atomic E-state index is 0.980. The van der Waals surface area contributed by atoms with Crippen LogP contribution in [0.5, 0.6) is 0 Å². The monoisotopic (exact) mass is 182 g/mol. The van der Waals surface area contributed by atoms with Crippen LogP contribution in [-0.4, -0.2) is 0 Å². The van der Waals surface area contributed by atoms with Crippen LogP contribution in [0.1, 0.15) is 26.3 Å². The van der Waals surface area contributed by atoms with Crippen molar-refractivity contribution in [3.05, 3.63) is 52.8 Å². The summed E-state index contributed by atoms with van der Waals surface area (Å²) >= 11 is 0. The molecule has 1 rings (SSSR count). The maximum atomic E-state index is 3.17. The molecule has 0 bridgehead atoms. The van der Waals surface area contributed by atoms with Crippen molar-refractivity contribution in [2.45, 2.75) is 20.8 Å². The van der Waals surface area contributed by atoms with Gasteiger partial charge < -0.3 is 0 Å². The lowest BCUT2D eigenvalue weighted by Crippen LogP contribution is -1.72. The smallest absolute Gasteiger partial charge is 0.0410 e. The summed E-state index contributed by atoms with van der Waals surface area (Å²) in [5.74, 6) is 6.15. The molecule has 1 aromatic carbocycles. The summed E-state index contributed by atoms with van der Waals surface area (Å²) < 4.78 is 0. The third-order valence-corrected chi connectivity index (χ3v) is 1.61. The van der Waals surface area contributed by atoms with Gasteiger partial charge in [-0.2, -0.15) is 0 Å². The van der Waals surface area contributed by atoms with E-state index >= 15 is 0 Å². The summed E-state index contributed by atoms with van der Waals surface area (Å²) in [6.45, 7) is 6.02. The van der Waals surface area contributed by atoms with E-state index in [4.69, 9.17) is 0 Å². The van der Waals surface area contributed by atoms with Crippen molar-refractivity contribution in [2.75, 3.05) is 0 Å². The van der Waals surface area contributed by atoms with Crippen LogP contribution >= 0.6 is 0 Å². The Morgan fingerprint density at radius 1 is 1.00 bits per heavy atom. The van der Waals surface area contributed by atoms with Gasteiger partial charge in [0.2, 0.25) is 0 Å². The first-order valence-electron chi connectivity index (χ1n) is 4.66. The average Bonchev–Trinajstić information content (AvgIpc) is 2.15. The standard InChI is InChI=1S/C14H14/c1-12(2)11-13(3)9-10-14-7-5-4-6-8-14/h4-8H,1-3H3. The first kappa shape index (κ1) is 10.4. The zero-order valence-electron chi connectivity index (χ0n) is 8.89. The Hall–Kier alpha value is -1.70. The van der Waals surface area contributed by atoms with Crippen molar-refractivity contribution < 1.29 is 0 Å². The third kappa shape index (κ3) is 3.81. The Balaban J connectivity index is 2.90. The van der Waals surface area contributed by atoms with E-state index in [0.717, 1.165) is 16.7 Å². The van der Waals surface area contributed by atoms with E-state index in [1.807, 2.05) is 51.1 Å². The van der Waals surface area contributed by atoms with Crippen LogP contribution in [-0.2, 0) is 0 Å². The summed E-state index contributed by atoms with van der Waals surface area (Å²) in [5.41, 5.74) is 6.35. The van der Waals surface area contributed by atoms with E-state index in [2.05, 4.69) is 17.6 Å². The molecule has 0 saturated heterocycles. The second-order valence-corrected chi connectivity index (χ2v) is 3.37. The van der Waals surface area contributed by atoms with Gasteiger partial charge >= 0.3 is 0 Å². The van der Waals surface area contributed by atoms with Gasteiger partial charge in [-0.3, -0.25) is 0 Å². The molecule has 14 heavy (non-hydrogen) atoms. The minimum absolute atomic E-state index is 0.980. The molecule has 0 aliphatic rings. The van der Waals surface area contributed by atoms with E-state index < -0.39 is 0 Å². The number of benzene rings is 1. The Bertz CT molecular complexity index is 414. The number of rotatable bonds is 0. The van der Waals surface area contributed by atoms with Gasteiger partial charge in [-0.05, 0) is 38.5 Å². The third-order valence-electron chi connectivity index (χ3n) is 1.61. The predicted octanol–water partition coefficient (Wildman–Crippen LogP) is 3.55. The average molecular weight is 182 g/mol. The molecule has 0 aromatic heterocycles. The topological polar surface area (TPSA) is 0 Å². The van der Waals surface area contributed by atoms with Crippen molar-refractivity contribution in [2.24, 2.45) is 0 Å². The predicted molar refractivity (Wildman–Crippen MR) is 60.9 cm³/mol. The highest BCUT2D eigenvalue weighted by Gasteiger charge is 1.82. The van der Waals surface area contributed by atoms with Gasteiger partial charge in [0.25, 0.3) is 0 Å². The Kier molecular flexibility index (Phi) is 3.80. The fourth-order valence-corrected chi connectivity index (χ4v) is 1.09. The first-order valence-corrected chi connectivity index (χ1v) is 4.66. The van der Waals surface area contributed by atoms with Crippen molar-refractivity contribution >= 4 is 0 Å². The fourth-order valence-electron chi connectivity index (χ4n) is 1.09. The van der Waals surface area contributed by atoms with Crippen molar-refractivity contribution in [3.63, 3.8) is 0 Å². The molecule has 1 aromatic rings. The Morgan fingerprint density at radius 2 is 1.64 bits per heavy atom. The largest absolute Gasteiger partial charge is 0.110 e. The Morgan fingerprint density at radius 3 is 2.21 bits per heavy atom. The molecular weight excluding hydrogens is 168 g/mol. The van der Waals surface area contributed by atoms with Crippen molar-refractivity contribution in [1.82, 2.24) is 0 Å². The first-order chi connectivity index (χ1) is 6.68. The molecule has 0 heteroatoms. The highest BCUT2D eigenvalue weighted by Crippen LogP contribution is 1.97. The van der Waals surface area contributed by atoms with Crippen LogP contribution in [0.3, 0.4) is 0 Å². The molecule has 0 spiro atoms. The Labute approximate surface area is 86.0 Å². The normalized spacial score (nSPS) is 8.21. The van der Waals surface area contributed by atoms with Crippen LogP contribution in [0.2, 0.25) is 0 Å². The molecule has 0 N–H and O–H groups in total. The van der Waals surface area contributed by atoms with Crippen LogP contribution in [0.25, 0.3) is 0 Å². The van der Waals surface area contributed by atoms with E-state index in [-0.39, 0.29) is 0 Å². The van der Waals surface area contributed by atoms with E-state index in [1.54, 1.807) is 0 Å². The van der Waals surface area contributed by atoms with Gasteiger partial charge in [0.1, 0.15) is 0 Å². The quantitative estimate of drug-likeness (QED) is 0.425. The summed E-state index contributed by atoms with van der Waals surface area (Å²) in [6, 6.07) is 9.98. The van der Waals surface area contributed by atoms with Gasteiger partial charge in [0.05, 0.1) is 0 Å². The minimum Gasteiger partial charge on any atom is -0.110 e. The second-order valence-electron chi connectivity index (χ2n) is 3.37. The second kappa shape index (κ2) is 5.12. The van der Waals surface area contributed by atoms with Crippen molar-refractivity contribution in [3.8, 4) is 11.8 Å². The molecule has 0 heterocycles. The number of allylic oxidation sites excluding steroid dienone is 1. The van der Waals surface area contributed by atoms with Gasteiger partial charge in [-0.1, -0.05) is 30.0 Å². The van der Waals surface area contributed by atoms with E-state index in [0.29, 0.717) is 0 Å². The SMILES string of the molecule is CC(C)=C=C(C)C#Cc1ccccc1. The maximum Gasteiger partial charge on any atom is 0.0410 e. The molecule has 0 unspecified atom stereocenters. The van der Waals surface area contributed by atoms with Gasteiger partial charge in [0, 0.05) is 11.1 Å². The van der Waals surface area contributed by atoms with Gasteiger partial charge in [-0.25, -0.2) is 0 Å². The van der Waals surface area contributed by atoms with Crippen LogP contribution in [0.4, 0.5) is 0 Å². The summed E-state index contributed by atoms with van der Waals surface area (Å²) in [6.07, 6.45) is 0. The summed E-state index contributed by atoms with van der Waals surface area (Å²) in [5, 5.41) is 0. The molecule has 0 fully saturated rings. The molecule has 0 saturated carbocycles. The van der Waals surface area contributed by atoms with Gasteiger partial charge in [0.15, 0.2) is 0 Å². The summed E-state index contributed by atoms with van der Waals surface area (Å²) in [7, 11) is 0. The van der Waals surface area contributed by atoms with Crippen molar-refractivity contribution in [1.29, 1.82) is 0 Å². The molecule has 0 amide bonds. The number of hydrogen-bond donors (Lipinski definition) is 0. The lowest BCUT2D eigenvalue weighted by Gasteiger charge is -1.86. The zero-order valence-corrected chi connectivity index (χ0v) is 8.89. The molecule has 0 radical (unpaired) electrons. The van der Waals surface area contributed by atoms with E-state index in [9.17, 15) is 0 Å². The van der Waals surface area contributed by atoms with Gasteiger partial charge in [-0.15, -0.1) is 5.73 Å². The zero-order chi connectivity index (χ0) is 10.4. The molecule has 0 atom stereocenters. The summed E-state index contributed by atoms with van der Waals surface area (Å²) in [4.78, 5) is 0.